The number of hydrogen-bond donors (Lipinski definition) is 3. The lowest BCUT2D eigenvalue weighted by molar-refractivity contribution is 0.251. The van der Waals surface area contributed by atoms with E-state index < -0.39 is 5.82 Å². The van der Waals surface area contributed by atoms with E-state index in [1.54, 1.807) is 16.2 Å². The summed E-state index contributed by atoms with van der Waals surface area (Å²) in [5.41, 5.74) is 4.46. The maximum Gasteiger partial charge on any atom is 0.320 e. The van der Waals surface area contributed by atoms with Crippen LogP contribution in [-0.2, 0) is 18.5 Å². The van der Waals surface area contributed by atoms with E-state index in [-0.39, 0.29) is 35.1 Å². The molecule has 4 heterocycles. The molecule has 0 radical (unpaired) electrons. The number of likely N-dealkylation sites (tertiary alicyclic amines) is 1. The first-order valence-corrected chi connectivity index (χ1v) is 19.4. The predicted molar refractivity (Wildman–Crippen MR) is 206 cm³/mol. The van der Waals surface area contributed by atoms with Crippen LogP contribution in [0.25, 0.3) is 22.7 Å². The molecule has 7 rings (SSSR count). The molecule has 1 fully saturated rings. The molecule has 10 nitrogen and oxygen atoms in total. The van der Waals surface area contributed by atoms with E-state index >= 15 is 0 Å². The molecule has 13 heteroatoms. The number of benzene rings is 3. The van der Waals surface area contributed by atoms with Gasteiger partial charge >= 0.3 is 6.03 Å². The van der Waals surface area contributed by atoms with Crippen molar-refractivity contribution in [1.82, 2.24) is 34.6 Å². The fourth-order valence-electron chi connectivity index (χ4n) is 6.43. The van der Waals surface area contributed by atoms with E-state index in [1.165, 1.54) is 48.4 Å². The summed E-state index contributed by atoms with van der Waals surface area (Å²) in [7, 11) is 0. The number of aromatic hydroxyl groups is 1. The van der Waals surface area contributed by atoms with Crippen molar-refractivity contribution >= 4 is 41.0 Å². The van der Waals surface area contributed by atoms with Crippen molar-refractivity contribution in [2.24, 2.45) is 0 Å². The lowest BCUT2D eigenvalue weighted by atomic mass is 9.92. The van der Waals surface area contributed by atoms with Crippen molar-refractivity contribution < 1.29 is 14.3 Å². The third-order valence-electron chi connectivity index (χ3n) is 9.12. The number of aromatic nitrogens is 5. The van der Waals surface area contributed by atoms with Gasteiger partial charge in [-0.15, -0.1) is 10.2 Å². The van der Waals surface area contributed by atoms with Crippen molar-refractivity contribution in [2.75, 3.05) is 30.4 Å². The Morgan fingerprint density at radius 3 is 2.63 bits per heavy atom. The number of thioether (sulfide) groups is 1. The number of urea groups is 1. The number of nitrogens with one attached hydrogen (secondary N) is 2. The van der Waals surface area contributed by atoms with Crippen LogP contribution in [0.15, 0.2) is 101 Å². The van der Waals surface area contributed by atoms with Crippen LogP contribution in [0.1, 0.15) is 43.5 Å². The lowest BCUT2D eigenvalue weighted by Gasteiger charge is -2.20. The molecule has 0 atom stereocenters. The summed E-state index contributed by atoms with van der Waals surface area (Å²) >= 11 is 3.28. The van der Waals surface area contributed by atoms with Crippen molar-refractivity contribution in [2.45, 2.75) is 55.0 Å². The molecule has 0 unspecified atom stereocenters. The van der Waals surface area contributed by atoms with Gasteiger partial charge < -0.3 is 10.4 Å². The van der Waals surface area contributed by atoms with Gasteiger partial charge in [0.15, 0.2) is 11.5 Å². The monoisotopic (exact) mass is 736 g/mol. The zero-order chi connectivity index (χ0) is 36.2. The number of pyridine rings is 1. The average Bonchev–Trinajstić information content (AvgIpc) is 3.90. The van der Waals surface area contributed by atoms with Crippen molar-refractivity contribution in [1.29, 1.82) is 0 Å². The molecule has 0 aliphatic carbocycles. The molecule has 0 bridgehead atoms. The highest BCUT2D eigenvalue weighted by Gasteiger charge is 2.26. The van der Waals surface area contributed by atoms with Crippen LogP contribution in [-0.4, -0.2) is 65.5 Å². The molecular formula is C39H41FN8O2S2. The van der Waals surface area contributed by atoms with Crippen molar-refractivity contribution in [3.05, 3.63) is 114 Å². The first kappa shape index (κ1) is 35.5. The second-order valence-electron chi connectivity index (χ2n) is 13.6. The van der Waals surface area contributed by atoms with Gasteiger partial charge in [0.2, 0.25) is 0 Å². The molecule has 52 heavy (non-hydrogen) atoms. The molecule has 1 saturated heterocycles. The maximum atomic E-state index is 14.7. The number of amides is 2. The summed E-state index contributed by atoms with van der Waals surface area (Å²) in [5, 5.41) is 29.5. The lowest BCUT2D eigenvalue weighted by Crippen LogP contribution is -2.29. The van der Waals surface area contributed by atoms with Gasteiger partial charge in [-0.05, 0) is 91.8 Å². The maximum absolute atomic E-state index is 14.7. The molecule has 268 valence electrons. The number of carbonyl (C=O) groups excluding carboxylic acids is 1. The number of carbonyl (C=O) groups is 1. The van der Waals surface area contributed by atoms with Gasteiger partial charge in [-0.3, -0.25) is 14.6 Å². The summed E-state index contributed by atoms with van der Waals surface area (Å²) in [6.45, 7) is 7.76. The fourth-order valence-corrected chi connectivity index (χ4v) is 8.27. The summed E-state index contributed by atoms with van der Waals surface area (Å²) in [6, 6.07) is 25.5. The molecule has 0 saturated carbocycles. The zero-order valence-electron chi connectivity index (χ0n) is 29.3. The Bertz CT molecular complexity index is 2210. The summed E-state index contributed by atoms with van der Waals surface area (Å²) < 4.78 is 18.2. The van der Waals surface area contributed by atoms with Gasteiger partial charge in [-0.1, -0.05) is 55.9 Å². The van der Waals surface area contributed by atoms with E-state index in [2.05, 4.69) is 64.0 Å². The second-order valence-corrected chi connectivity index (χ2v) is 15.6. The van der Waals surface area contributed by atoms with Crippen LogP contribution in [0.3, 0.4) is 0 Å². The topological polar surface area (TPSA) is 113 Å². The molecule has 3 aromatic heterocycles. The Hall–Kier alpha value is -4.85. The first-order valence-electron chi connectivity index (χ1n) is 17.2. The number of nitrogens with zero attached hydrogens (tertiary/aromatic N) is 6. The summed E-state index contributed by atoms with van der Waals surface area (Å²) in [5.74, 6) is 1.21. The summed E-state index contributed by atoms with van der Waals surface area (Å²) in [6.07, 6.45) is 6.41. The van der Waals surface area contributed by atoms with Crippen LogP contribution in [0, 0.1) is 5.82 Å². The average molecular weight is 737 g/mol. The molecule has 2 amide bonds. The van der Waals surface area contributed by atoms with E-state index in [1.807, 2.05) is 59.4 Å². The number of halogens is 1. The van der Waals surface area contributed by atoms with Gasteiger partial charge in [0.25, 0.3) is 0 Å². The van der Waals surface area contributed by atoms with E-state index in [9.17, 15) is 14.3 Å². The molecule has 3 N–H and O–H groups in total. The first-order chi connectivity index (χ1) is 25.2. The predicted octanol–water partition coefficient (Wildman–Crippen LogP) is 8.14. The minimum Gasteiger partial charge on any atom is -0.508 e. The number of anilines is 1. The number of rotatable bonds is 12. The third-order valence-corrected chi connectivity index (χ3v) is 11.2. The normalized spacial score (nSPS) is 13.5. The Kier molecular flexibility index (Phi) is 10.5. The van der Waals surface area contributed by atoms with Crippen molar-refractivity contribution in [3.63, 3.8) is 0 Å². The van der Waals surface area contributed by atoms with Gasteiger partial charge in [-0.2, -0.15) is 16.9 Å². The molecule has 3 aromatic carbocycles. The van der Waals surface area contributed by atoms with Gasteiger partial charge in [-0.25, -0.2) is 13.9 Å². The fraction of sp³-hybridized carbons (Fsp3) is 0.282. The van der Waals surface area contributed by atoms with Crippen LogP contribution >= 0.6 is 23.5 Å². The summed E-state index contributed by atoms with van der Waals surface area (Å²) in [4.78, 5) is 17.8. The smallest absolute Gasteiger partial charge is 0.320 e. The SMILES string of the molecule is CSCC(C)(C)c1cc(NC(=O)NCc2ccccc2Sc2ccc3nnc(-c4cc(O)ccc4F)n3c2)n(-c2cccc(CN3CCCC3)c2)n1. The highest BCUT2D eigenvalue weighted by Crippen LogP contribution is 2.33. The van der Waals surface area contributed by atoms with Crippen LogP contribution < -0.4 is 10.6 Å². The van der Waals surface area contributed by atoms with Crippen LogP contribution in [0.4, 0.5) is 15.0 Å². The van der Waals surface area contributed by atoms with E-state index in [0.717, 1.165) is 52.1 Å². The van der Waals surface area contributed by atoms with Gasteiger partial charge in [0.05, 0.1) is 16.9 Å². The van der Waals surface area contributed by atoms with Crippen molar-refractivity contribution in [3.8, 4) is 22.8 Å². The minimum atomic E-state index is -0.506. The standard InChI is InChI=1S/C39H41FN8O2S2/c1-39(2,25-51-3)34-21-36(48(45-34)28-11-8-9-26(19-28)23-46-17-6-7-18-46)42-38(50)41-22-27-10-4-5-12-33(27)52-30-14-16-35-43-44-37(47(35)24-30)31-20-29(49)13-15-32(31)40/h4-5,8-16,19-21,24,49H,6-7,17-18,22-23,25H2,1-3H3,(H2,41,42,50). The van der Waals surface area contributed by atoms with Gasteiger partial charge in [0, 0.05) is 46.3 Å². The highest BCUT2D eigenvalue weighted by molar-refractivity contribution is 7.99. The Morgan fingerprint density at radius 2 is 1.81 bits per heavy atom. The van der Waals surface area contributed by atoms with Crippen LogP contribution in [0.2, 0.25) is 0 Å². The van der Waals surface area contributed by atoms with Crippen LogP contribution in [0.5, 0.6) is 5.75 Å². The van der Waals surface area contributed by atoms with E-state index in [0.29, 0.717) is 11.5 Å². The largest absolute Gasteiger partial charge is 0.508 e. The highest BCUT2D eigenvalue weighted by atomic mass is 32.2. The molecule has 1 aliphatic rings. The number of fused-ring (bicyclic) bond motifs is 1. The molecule has 0 spiro atoms. The second kappa shape index (κ2) is 15.4. The Balaban J connectivity index is 1.09. The number of phenols is 1. The Labute approximate surface area is 310 Å². The van der Waals surface area contributed by atoms with E-state index in [4.69, 9.17) is 5.10 Å². The quantitative estimate of drug-likeness (QED) is 0.116. The minimum absolute atomic E-state index is 0.0596. The zero-order valence-corrected chi connectivity index (χ0v) is 31.0. The Morgan fingerprint density at radius 1 is 0.981 bits per heavy atom. The van der Waals surface area contributed by atoms with Gasteiger partial charge in [0.1, 0.15) is 17.4 Å². The number of phenolic OH excluding ortho intramolecular Hbond substituents is 1. The molecule has 1 aliphatic heterocycles. The molecule has 6 aromatic rings. The number of hydrogen-bond acceptors (Lipinski definition) is 8. The third kappa shape index (κ3) is 7.96. The molecular weight excluding hydrogens is 696 g/mol.